The number of carbonyl (C=O) groups excluding carboxylic acids is 1. The second-order valence-electron chi connectivity index (χ2n) is 4.88. The maximum absolute atomic E-state index is 11.8. The molecule has 3 nitrogen and oxygen atoms in total. The van der Waals surface area contributed by atoms with Crippen LogP contribution in [0, 0.1) is 17.8 Å². The number of rotatable bonds is 4. The van der Waals surface area contributed by atoms with Crippen LogP contribution in [0.15, 0.2) is 18.2 Å². The average Bonchev–Trinajstić information content (AvgIpc) is 3.21. The van der Waals surface area contributed by atoms with Crippen LogP contribution in [-0.4, -0.2) is 17.6 Å². The van der Waals surface area contributed by atoms with E-state index in [0.29, 0.717) is 12.3 Å². The van der Waals surface area contributed by atoms with E-state index in [-0.39, 0.29) is 12.5 Å². The van der Waals surface area contributed by atoms with E-state index in [4.69, 9.17) is 5.11 Å². The lowest BCUT2D eigenvalue weighted by Gasteiger charge is -2.10. The number of nitrogens with one attached hydrogen (secondary N) is 1. The lowest BCUT2D eigenvalue weighted by atomic mass is 10.1. The van der Waals surface area contributed by atoms with Gasteiger partial charge in [0.15, 0.2) is 0 Å². The summed E-state index contributed by atoms with van der Waals surface area (Å²) in [5, 5.41) is 11.7. The van der Waals surface area contributed by atoms with Gasteiger partial charge in [-0.15, -0.1) is 0 Å². The Bertz CT molecular complexity index is 521. The molecule has 0 atom stereocenters. The molecule has 0 radical (unpaired) electrons. The summed E-state index contributed by atoms with van der Waals surface area (Å²) in [4.78, 5) is 11.8. The minimum atomic E-state index is -0.138. The molecule has 0 aromatic heterocycles. The molecule has 2 rings (SSSR count). The average molecular weight is 257 g/mol. The van der Waals surface area contributed by atoms with Crippen LogP contribution in [0.25, 0.3) is 0 Å². The summed E-state index contributed by atoms with van der Waals surface area (Å²) in [5.74, 6) is 6.21. The summed E-state index contributed by atoms with van der Waals surface area (Å²) >= 11 is 0. The molecule has 2 N–H and O–H groups in total. The topological polar surface area (TPSA) is 49.3 Å². The Morgan fingerprint density at radius 3 is 2.89 bits per heavy atom. The zero-order valence-corrected chi connectivity index (χ0v) is 11.2. The Morgan fingerprint density at radius 2 is 2.26 bits per heavy atom. The molecule has 1 aliphatic carbocycles. The first-order valence-electron chi connectivity index (χ1n) is 6.75. The quantitative estimate of drug-likeness (QED) is 0.813. The fourth-order valence-corrected chi connectivity index (χ4v) is 2.01. The standard InChI is InChI=1S/C16H19NO2/c1-2-14-10-12(4-3-9-18)7-8-15(14)17-16(19)11-13-5-6-13/h7-8,10,13,18H,2,5-6,9,11H2,1H3,(H,17,19). The molecule has 1 fully saturated rings. The molecular formula is C16H19NO2. The van der Waals surface area contributed by atoms with Gasteiger partial charge in [0.1, 0.15) is 6.61 Å². The summed E-state index contributed by atoms with van der Waals surface area (Å²) in [6.07, 6.45) is 3.84. The highest BCUT2D eigenvalue weighted by Gasteiger charge is 2.24. The van der Waals surface area contributed by atoms with Crippen molar-refractivity contribution < 1.29 is 9.90 Å². The number of amides is 1. The van der Waals surface area contributed by atoms with Gasteiger partial charge in [0.05, 0.1) is 0 Å². The molecular weight excluding hydrogens is 238 g/mol. The van der Waals surface area contributed by atoms with Gasteiger partial charge < -0.3 is 10.4 Å². The monoisotopic (exact) mass is 257 g/mol. The zero-order valence-electron chi connectivity index (χ0n) is 11.2. The van der Waals surface area contributed by atoms with Crippen LogP contribution in [0.1, 0.15) is 37.3 Å². The number of benzene rings is 1. The Morgan fingerprint density at radius 1 is 1.47 bits per heavy atom. The van der Waals surface area contributed by atoms with Crippen LogP contribution in [0.2, 0.25) is 0 Å². The number of hydrogen-bond donors (Lipinski definition) is 2. The van der Waals surface area contributed by atoms with Crippen molar-refractivity contribution in [3.8, 4) is 11.8 Å². The SMILES string of the molecule is CCc1cc(C#CCO)ccc1NC(=O)CC1CC1. The Labute approximate surface area is 114 Å². The van der Waals surface area contributed by atoms with Gasteiger partial charge in [-0.25, -0.2) is 0 Å². The van der Waals surface area contributed by atoms with Crippen molar-refractivity contribution >= 4 is 11.6 Å². The van der Waals surface area contributed by atoms with Gasteiger partial charge in [-0.2, -0.15) is 0 Å². The van der Waals surface area contributed by atoms with Crippen molar-refractivity contribution in [3.63, 3.8) is 0 Å². The molecule has 0 heterocycles. The highest BCUT2D eigenvalue weighted by Crippen LogP contribution is 2.32. The molecule has 3 heteroatoms. The fourth-order valence-electron chi connectivity index (χ4n) is 2.01. The van der Waals surface area contributed by atoms with Gasteiger partial charge in [-0.3, -0.25) is 4.79 Å². The van der Waals surface area contributed by atoms with Gasteiger partial charge in [0.25, 0.3) is 0 Å². The fraction of sp³-hybridized carbons (Fsp3) is 0.438. The lowest BCUT2D eigenvalue weighted by molar-refractivity contribution is -0.116. The second kappa shape index (κ2) is 6.40. The third-order valence-electron chi connectivity index (χ3n) is 3.24. The summed E-state index contributed by atoms with van der Waals surface area (Å²) in [7, 11) is 0. The smallest absolute Gasteiger partial charge is 0.224 e. The normalized spacial score (nSPS) is 13.6. The van der Waals surface area contributed by atoms with Gasteiger partial charge >= 0.3 is 0 Å². The number of aryl methyl sites for hydroxylation is 1. The van der Waals surface area contributed by atoms with E-state index in [0.717, 1.165) is 23.2 Å². The predicted molar refractivity (Wildman–Crippen MR) is 75.8 cm³/mol. The predicted octanol–water partition coefficient (Wildman–Crippen LogP) is 2.33. The third-order valence-corrected chi connectivity index (χ3v) is 3.24. The maximum atomic E-state index is 11.8. The largest absolute Gasteiger partial charge is 0.384 e. The third kappa shape index (κ3) is 4.11. The summed E-state index contributed by atoms with van der Waals surface area (Å²) < 4.78 is 0. The minimum Gasteiger partial charge on any atom is -0.384 e. The number of aliphatic hydroxyl groups excluding tert-OH is 1. The van der Waals surface area contributed by atoms with Crippen LogP contribution in [0.4, 0.5) is 5.69 Å². The first kappa shape index (κ1) is 13.6. The molecule has 19 heavy (non-hydrogen) atoms. The van der Waals surface area contributed by atoms with Gasteiger partial charge in [-0.05, 0) is 48.9 Å². The maximum Gasteiger partial charge on any atom is 0.224 e. The van der Waals surface area contributed by atoms with Crippen LogP contribution in [0.5, 0.6) is 0 Å². The second-order valence-corrected chi connectivity index (χ2v) is 4.88. The molecule has 0 saturated heterocycles. The summed E-state index contributed by atoms with van der Waals surface area (Å²) in [6, 6.07) is 5.73. The van der Waals surface area contributed by atoms with E-state index in [1.807, 2.05) is 18.2 Å². The first-order valence-corrected chi connectivity index (χ1v) is 6.75. The van der Waals surface area contributed by atoms with Gasteiger partial charge in [0.2, 0.25) is 5.91 Å². The van der Waals surface area contributed by atoms with Crippen LogP contribution in [0.3, 0.4) is 0 Å². The van der Waals surface area contributed by atoms with E-state index in [1.165, 1.54) is 12.8 Å². The Hall–Kier alpha value is -1.79. The molecule has 0 aliphatic heterocycles. The zero-order chi connectivity index (χ0) is 13.7. The molecule has 1 aromatic carbocycles. The molecule has 1 amide bonds. The summed E-state index contributed by atoms with van der Waals surface area (Å²) in [6.45, 7) is 1.91. The van der Waals surface area contributed by atoms with Crippen molar-refractivity contribution in [2.45, 2.75) is 32.6 Å². The Kier molecular flexibility index (Phi) is 4.59. The molecule has 0 bridgehead atoms. The number of aliphatic hydroxyl groups is 1. The van der Waals surface area contributed by atoms with Crippen molar-refractivity contribution in [3.05, 3.63) is 29.3 Å². The van der Waals surface area contributed by atoms with Gasteiger partial charge in [-0.1, -0.05) is 18.8 Å². The summed E-state index contributed by atoms with van der Waals surface area (Å²) in [5.41, 5.74) is 2.82. The number of carbonyl (C=O) groups is 1. The molecule has 100 valence electrons. The van der Waals surface area contributed by atoms with Crippen molar-refractivity contribution in [1.82, 2.24) is 0 Å². The van der Waals surface area contributed by atoms with Crippen LogP contribution >= 0.6 is 0 Å². The number of anilines is 1. The molecule has 1 aliphatic rings. The molecule has 0 unspecified atom stereocenters. The molecule has 1 saturated carbocycles. The van der Waals surface area contributed by atoms with E-state index in [1.54, 1.807) is 0 Å². The minimum absolute atomic E-state index is 0.103. The van der Waals surface area contributed by atoms with Crippen molar-refractivity contribution in [2.24, 2.45) is 5.92 Å². The Balaban J connectivity index is 2.08. The van der Waals surface area contributed by atoms with Crippen LogP contribution in [-0.2, 0) is 11.2 Å². The van der Waals surface area contributed by atoms with E-state index < -0.39 is 0 Å². The van der Waals surface area contributed by atoms with E-state index in [2.05, 4.69) is 24.1 Å². The lowest BCUT2D eigenvalue weighted by Crippen LogP contribution is -2.13. The number of hydrogen-bond acceptors (Lipinski definition) is 2. The van der Waals surface area contributed by atoms with E-state index >= 15 is 0 Å². The molecule has 0 spiro atoms. The van der Waals surface area contributed by atoms with E-state index in [9.17, 15) is 4.79 Å². The van der Waals surface area contributed by atoms with Crippen molar-refractivity contribution in [1.29, 1.82) is 0 Å². The molecule has 1 aromatic rings. The highest BCUT2D eigenvalue weighted by molar-refractivity contribution is 5.91. The van der Waals surface area contributed by atoms with Crippen molar-refractivity contribution in [2.75, 3.05) is 11.9 Å². The first-order chi connectivity index (χ1) is 9.22. The van der Waals surface area contributed by atoms with Crippen LogP contribution < -0.4 is 5.32 Å². The highest BCUT2D eigenvalue weighted by atomic mass is 16.2. The van der Waals surface area contributed by atoms with Gasteiger partial charge in [0, 0.05) is 17.7 Å².